The molecule has 0 bridgehead atoms. The second-order valence-electron chi connectivity index (χ2n) is 7.35. The summed E-state index contributed by atoms with van der Waals surface area (Å²) < 4.78 is 15.2. The summed E-state index contributed by atoms with van der Waals surface area (Å²) >= 11 is 0. The Balaban J connectivity index is 1.68. The molecule has 3 aromatic rings. The highest BCUT2D eigenvalue weighted by molar-refractivity contribution is 5.81. The summed E-state index contributed by atoms with van der Waals surface area (Å²) in [5.74, 6) is 0.444. The van der Waals surface area contributed by atoms with Crippen LogP contribution in [-0.4, -0.2) is 37.8 Å². The van der Waals surface area contributed by atoms with Crippen LogP contribution in [0.15, 0.2) is 36.9 Å². The Bertz CT molecular complexity index is 1030. The van der Waals surface area contributed by atoms with Crippen LogP contribution in [0.4, 0.5) is 10.1 Å². The van der Waals surface area contributed by atoms with Crippen molar-refractivity contribution in [3.63, 3.8) is 0 Å². The van der Waals surface area contributed by atoms with E-state index in [4.69, 9.17) is 0 Å². The van der Waals surface area contributed by atoms with E-state index in [2.05, 4.69) is 38.1 Å². The molecule has 1 fully saturated rings. The van der Waals surface area contributed by atoms with Crippen LogP contribution in [0.1, 0.15) is 31.3 Å². The van der Waals surface area contributed by atoms with Gasteiger partial charge in [-0.3, -0.25) is 0 Å². The molecule has 0 N–H and O–H groups in total. The molecule has 0 spiro atoms. The van der Waals surface area contributed by atoms with Gasteiger partial charge in [-0.1, -0.05) is 6.92 Å². The molecule has 0 aliphatic carbocycles. The third kappa shape index (κ3) is 3.09. The zero-order chi connectivity index (χ0) is 19.7. The lowest BCUT2D eigenvalue weighted by Crippen LogP contribution is -2.42. The standard InChI is InChI=1S/C20H20FN7/c1-20(19-26-25-13-27(19)2)6-9-28(10-7-20)18-15(5-8-23-16(18)11-22)14-3-4-17(21)24-12-14/h3-5,8,12-13H,6-7,9-10H2,1-2H3. The van der Waals surface area contributed by atoms with Crippen molar-refractivity contribution in [2.75, 3.05) is 18.0 Å². The third-order valence-corrected chi connectivity index (χ3v) is 5.50. The van der Waals surface area contributed by atoms with E-state index in [9.17, 15) is 9.65 Å². The van der Waals surface area contributed by atoms with Crippen LogP contribution in [0.5, 0.6) is 0 Å². The van der Waals surface area contributed by atoms with Gasteiger partial charge in [-0.15, -0.1) is 10.2 Å². The van der Waals surface area contributed by atoms with Crippen LogP contribution in [-0.2, 0) is 12.5 Å². The second-order valence-corrected chi connectivity index (χ2v) is 7.35. The van der Waals surface area contributed by atoms with Gasteiger partial charge < -0.3 is 9.47 Å². The van der Waals surface area contributed by atoms with Gasteiger partial charge in [0, 0.05) is 49.1 Å². The smallest absolute Gasteiger partial charge is 0.212 e. The largest absolute Gasteiger partial charge is 0.369 e. The number of piperidine rings is 1. The lowest BCUT2D eigenvalue weighted by molar-refractivity contribution is 0.335. The number of aryl methyl sites for hydroxylation is 1. The lowest BCUT2D eigenvalue weighted by atomic mass is 9.79. The number of nitriles is 1. The number of anilines is 1. The van der Waals surface area contributed by atoms with Gasteiger partial charge in [-0.2, -0.15) is 9.65 Å². The fraction of sp³-hybridized carbons (Fsp3) is 0.350. The molecule has 0 aromatic carbocycles. The molecule has 4 rings (SSSR count). The molecular formula is C20H20FN7. The Morgan fingerprint density at radius 2 is 1.96 bits per heavy atom. The molecule has 8 heteroatoms. The first kappa shape index (κ1) is 18.0. The Morgan fingerprint density at radius 3 is 2.57 bits per heavy atom. The first-order valence-electron chi connectivity index (χ1n) is 9.12. The topological polar surface area (TPSA) is 83.5 Å². The van der Waals surface area contributed by atoms with Crippen LogP contribution in [0, 0.1) is 17.3 Å². The Hall–Kier alpha value is -3.34. The zero-order valence-corrected chi connectivity index (χ0v) is 15.8. The summed E-state index contributed by atoms with van der Waals surface area (Å²) in [6.07, 6.45) is 6.57. The molecule has 28 heavy (non-hydrogen) atoms. The molecule has 3 aromatic heterocycles. The molecule has 0 unspecified atom stereocenters. The number of nitrogens with zero attached hydrogens (tertiary/aromatic N) is 7. The fourth-order valence-electron chi connectivity index (χ4n) is 3.90. The number of hydrogen-bond donors (Lipinski definition) is 0. The van der Waals surface area contributed by atoms with E-state index in [1.165, 1.54) is 12.3 Å². The Morgan fingerprint density at radius 1 is 1.18 bits per heavy atom. The maximum absolute atomic E-state index is 13.3. The maximum atomic E-state index is 13.3. The predicted octanol–water partition coefficient (Wildman–Crippen LogP) is 2.84. The molecule has 0 amide bonds. The van der Waals surface area contributed by atoms with Crippen molar-refractivity contribution in [3.05, 3.63) is 54.4 Å². The Kier molecular flexibility index (Phi) is 4.51. The number of pyridine rings is 2. The first-order chi connectivity index (χ1) is 13.5. The minimum Gasteiger partial charge on any atom is -0.369 e. The monoisotopic (exact) mass is 377 g/mol. The minimum atomic E-state index is -0.530. The van der Waals surface area contributed by atoms with Crippen molar-refractivity contribution < 1.29 is 4.39 Å². The van der Waals surface area contributed by atoms with Crippen molar-refractivity contribution in [1.82, 2.24) is 24.7 Å². The number of halogens is 1. The normalized spacial score (nSPS) is 16.0. The fourth-order valence-corrected chi connectivity index (χ4v) is 3.90. The van der Waals surface area contributed by atoms with E-state index in [1.807, 2.05) is 17.7 Å². The molecule has 0 saturated carbocycles. The summed E-state index contributed by atoms with van der Waals surface area (Å²) in [5, 5.41) is 17.9. The van der Waals surface area contributed by atoms with E-state index < -0.39 is 5.95 Å². The second kappa shape index (κ2) is 7.00. The SMILES string of the molecule is Cn1cnnc1C1(C)CCN(c2c(-c3ccc(F)nc3)ccnc2C#N)CC1. The molecule has 1 saturated heterocycles. The molecule has 142 valence electrons. The van der Waals surface area contributed by atoms with Gasteiger partial charge >= 0.3 is 0 Å². The van der Waals surface area contributed by atoms with Crippen molar-refractivity contribution in [2.45, 2.75) is 25.2 Å². The molecule has 1 aliphatic rings. The Labute approximate surface area is 162 Å². The van der Waals surface area contributed by atoms with Gasteiger partial charge in [0.25, 0.3) is 0 Å². The highest BCUT2D eigenvalue weighted by Crippen LogP contribution is 2.39. The number of aromatic nitrogens is 5. The number of hydrogen-bond acceptors (Lipinski definition) is 6. The van der Waals surface area contributed by atoms with Gasteiger partial charge in [-0.05, 0) is 31.0 Å². The van der Waals surface area contributed by atoms with Gasteiger partial charge in [0.15, 0.2) is 5.69 Å². The van der Waals surface area contributed by atoms with Crippen molar-refractivity contribution in [3.8, 4) is 17.2 Å². The van der Waals surface area contributed by atoms with Gasteiger partial charge in [0.1, 0.15) is 18.2 Å². The van der Waals surface area contributed by atoms with Gasteiger partial charge in [0.2, 0.25) is 5.95 Å². The first-order valence-corrected chi connectivity index (χ1v) is 9.12. The molecule has 4 heterocycles. The zero-order valence-electron chi connectivity index (χ0n) is 15.8. The van der Waals surface area contributed by atoms with Crippen LogP contribution in [0.2, 0.25) is 0 Å². The summed E-state index contributed by atoms with van der Waals surface area (Å²) in [6.45, 7) is 3.71. The quantitative estimate of drug-likeness (QED) is 0.653. The van der Waals surface area contributed by atoms with E-state index in [0.29, 0.717) is 5.69 Å². The highest BCUT2D eigenvalue weighted by atomic mass is 19.1. The van der Waals surface area contributed by atoms with Gasteiger partial charge in [0.05, 0.1) is 5.69 Å². The number of rotatable bonds is 3. The third-order valence-electron chi connectivity index (χ3n) is 5.50. The van der Waals surface area contributed by atoms with Crippen molar-refractivity contribution in [2.24, 2.45) is 7.05 Å². The average molecular weight is 377 g/mol. The van der Waals surface area contributed by atoms with Crippen molar-refractivity contribution >= 4 is 5.69 Å². The molecule has 0 atom stereocenters. The van der Waals surface area contributed by atoms with Crippen LogP contribution >= 0.6 is 0 Å². The van der Waals surface area contributed by atoms with Crippen LogP contribution < -0.4 is 4.90 Å². The molecular weight excluding hydrogens is 357 g/mol. The summed E-state index contributed by atoms with van der Waals surface area (Å²) in [5.41, 5.74) is 2.66. The highest BCUT2D eigenvalue weighted by Gasteiger charge is 2.36. The summed E-state index contributed by atoms with van der Waals surface area (Å²) in [4.78, 5) is 10.2. The minimum absolute atomic E-state index is 0.0750. The van der Waals surface area contributed by atoms with E-state index in [1.54, 1.807) is 18.6 Å². The molecule has 7 nitrogen and oxygen atoms in total. The van der Waals surface area contributed by atoms with E-state index >= 15 is 0 Å². The van der Waals surface area contributed by atoms with Crippen LogP contribution in [0.25, 0.3) is 11.1 Å². The summed E-state index contributed by atoms with van der Waals surface area (Å²) in [6, 6.07) is 7.05. The lowest BCUT2D eigenvalue weighted by Gasteiger charge is -2.40. The molecule has 1 aliphatic heterocycles. The predicted molar refractivity (Wildman–Crippen MR) is 102 cm³/mol. The van der Waals surface area contributed by atoms with E-state index in [0.717, 1.165) is 48.6 Å². The van der Waals surface area contributed by atoms with E-state index in [-0.39, 0.29) is 5.41 Å². The average Bonchev–Trinajstić information content (AvgIpc) is 3.15. The maximum Gasteiger partial charge on any atom is 0.212 e. The van der Waals surface area contributed by atoms with Gasteiger partial charge in [-0.25, -0.2) is 9.97 Å². The molecule has 0 radical (unpaired) electrons. The van der Waals surface area contributed by atoms with Crippen LogP contribution in [0.3, 0.4) is 0 Å². The summed E-state index contributed by atoms with van der Waals surface area (Å²) in [7, 11) is 1.96. The van der Waals surface area contributed by atoms with Crippen molar-refractivity contribution in [1.29, 1.82) is 5.26 Å².